The molecule has 8 atom stereocenters. The zero-order chi connectivity index (χ0) is 45.0. The molecule has 0 amide bonds. The van der Waals surface area contributed by atoms with Crippen molar-refractivity contribution in [3.8, 4) is 0 Å². The standard InChI is InChI=1S/C61H96O2/c1-7-8-9-10-11-12-13-14-15-16-17-18-19-20-21-22-23-24-25-26-27-28-29-30-31-32-33-34-35-36-37-41-59(62)63-54-46-48-60(5)53(50-54)42-43-55-57-45-44-56(52(4)40-38-39-51(2)3)61(57,6)49-47-58(55)60/h8-9,11-12,14-15,17-18,20-21,23-24,26-27,29-30,42,51-52,54-58H,7,10,13,16,19,22,25,28,31-41,43-50H2,1-6H3/b9-8-,12-11-,15-14-,18-17-,21-20-,24-23-,27-26-,30-29-. The highest BCUT2D eigenvalue weighted by Crippen LogP contribution is 2.67. The molecule has 3 fully saturated rings. The second-order valence-electron chi connectivity index (χ2n) is 21.1. The Labute approximate surface area is 390 Å². The van der Waals surface area contributed by atoms with Crippen LogP contribution in [0.2, 0.25) is 0 Å². The monoisotopic (exact) mass is 861 g/mol. The van der Waals surface area contributed by atoms with Crippen molar-refractivity contribution in [3.05, 3.63) is 109 Å². The number of rotatable bonds is 30. The van der Waals surface area contributed by atoms with Crippen LogP contribution in [0.1, 0.15) is 215 Å². The summed E-state index contributed by atoms with van der Waals surface area (Å²) >= 11 is 0. The second-order valence-corrected chi connectivity index (χ2v) is 21.1. The van der Waals surface area contributed by atoms with Crippen molar-refractivity contribution in [2.45, 2.75) is 221 Å². The minimum atomic E-state index is 0.0439. The summed E-state index contributed by atoms with van der Waals surface area (Å²) in [6, 6.07) is 0. The Hall–Kier alpha value is -2.87. The molecule has 4 aliphatic rings. The minimum absolute atomic E-state index is 0.0439. The van der Waals surface area contributed by atoms with E-state index >= 15 is 0 Å². The van der Waals surface area contributed by atoms with Gasteiger partial charge in [-0.3, -0.25) is 4.79 Å². The smallest absolute Gasteiger partial charge is 0.306 e. The molecule has 0 aromatic carbocycles. The molecule has 0 aromatic heterocycles. The van der Waals surface area contributed by atoms with Gasteiger partial charge in [0, 0.05) is 12.8 Å². The van der Waals surface area contributed by atoms with Crippen LogP contribution in [0.25, 0.3) is 0 Å². The Morgan fingerprint density at radius 2 is 1.16 bits per heavy atom. The van der Waals surface area contributed by atoms with Crippen LogP contribution in [0, 0.1) is 46.3 Å². The molecule has 2 heteroatoms. The molecule has 0 N–H and O–H groups in total. The van der Waals surface area contributed by atoms with Gasteiger partial charge in [0.2, 0.25) is 0 Å². The van der Waals surface area contributed by atoms with E-state index < -0.39 is 0 Å². The predicted molar refractivity (Wildman–Crippen MR) is 276 cm³/mol. The number of esters is 1. The molecule has 4 rings (SSSR count). The third-order valence-corrected chi connectivity index (χ3v) is 16.0. The lowest BCUT2D eigenvalue weighted by molar-refractivity contribution is -0.151. The van der Waals surface area contributed by atoms with Gasteiger partial charge in [-0.2, -0.15) is 0 Å². The van der Waals surface area contributed by atoms with Gasteiger partial charge < -0.3 is 4.74 Å². The Bertz CT molecular complexity index is 1540. The lowest BCUT2D eigenvalue weighted by atomic mass is 9.47. The molecule has 0 radical (unpaired) electrons. The summed E-state index contributed by atoms with van der Waals surface area (Å²) in [6.45, 7) is 14.8. The van der Waals surface area contributed by atoms with Gasteiger partial charge in [0.15, 0.2) is 0 Å². The summed E-state index contributed by atoms with van der Waals surface area (Å²) in [5, 5.41) is 0. The first kappa shape index (κ1) is 52.8. The van der Waals surface area contributed by atoms with E-state index in [1.165, 1.54) is 89.9 Å². The lowest BCUT2D eigenvalue weighted by Gasteiger charge is -2.58. The number of fused-ring (bicyclic) bond motifs is 5. The normalized spacial score (nSPS) is 28.2. The Kier molecular flexibility index (Phi) is 25.4. The number of hydrogen-bond donors (Lipinski definition) is 0. The molecule has 0 bridgehead atoms. The van der Waals surface area contributed by atoms with Gasteiger partial charge >= 0.3 is 5.97 Å². The summed E-state index contributed by atoms with van der Waals surface area (Å²) < 4.78 is 6.16. The van der Waals surface area contributed by atoms with Gasteiger partial charge in [0.05, 0.1) is 0 Å². The van der Waals surface area contributed by atoms with E-state index in [2.05, 4.69) is 145 Å². The molecule has 8 unspecified atom stereocenters. The van der Waals surface area contributed by atoms with E-state index in [1.807, 2.05) is 0 Å². The molecule has 4 aliphatic carbocycles. The highest BCUT2D eigenvalue weighted by molar-refractivity contribution is 5.69. The molecule has 0 saturated heterocycles. The highest BCUT2D eigenvalue weighted by atomic mass is 16.5. The summed E-state index contributed by atoms with van der Waals surface area (Å²) in [6.07, 6.45) is 70.5. The number of carbonyl (C=O) groups is 1. The number of ether oxygens (including phenoxy) is 1. The van der Waals surface area contributed by atoms with Gasteiger partial charge in [-0.25, -0.2) is 0 Å². The Balaban J connectivity index is 0.963. The first-order valence-electron chi connectivity index (χ1n) is 26.8. The maximum absolute atomic E-state index is 12.9. The van der Waals surface area contributed by atoms with E-state index in [9.17, 15) is 4.79 Å². The molecular formula is C61H96O2. The molecule has 3 saturated carbocycles. The van der Waals surface area contributed by atoms with Gasteiger partial charge in [-0.1, -0.05) is 195 Å². The SMILES string of the molecule is CC/C=C\C/C=C\C/C=C\C/C=C\C/C=C\C/C=C\C/C=C\C/C=C\CCCCCCCCC(=O)OC1CCC2(C)C(=CCC3C2CCC2(C)C(C(C)CCCC(C)C)CCC32)C1. The third-order valence-electron chi connectivity index (χ3n) is 16.0. The molecule has 352 valence electrons. The first-order valence-corrected chi connectivity index (χ1v) is 26.8. The van der Waals surface area contributed by atoms with Gasteiger partial charge in [-0.15, -0.1) is 0 Å². The van der Waals surface area contributed by atoms with Crippen molar-refractivity contribution in [1.82, 2.24) is 0 Å². The minimum Gasteiger partial charge on any atom is -0.462 e. The van der Waals surface area contributed by atoms with E-state index in [1.54, 1.807) is 5.57 Å². The Morgan fingerprint density at radius 3 is 1.73 bits per heavy atom. The van der Waals surface area contributed by atoms with Crippen LogP contribution >= 0.6 is 0 Å². The van der Waals surface area contributed by atoms with Gasteiger partial charge in [0.25, 0.3) is 0 Å². The van der Waals surface area contributed by atoms with E-state index in [4.69, 9.17) is 4.74 Å². The van der Waals surface area contributed by atoms with Crippen molar-refractivity contribution in [1.29, 1.82) is 0 Å². The van der Waals surface area contributed by atoms with Crippen molar-refractivity contribution in [2.24, 2.45) is 46.3 Å². The quantitative estimate of drug-likeness (QED) is 0.0409. The third kappa shape index (κ3) is 18.5. The fraction of sp³-hybridized carbons (Fsp3) is 0.689. The van der Waals surface area contributed by atoms with Crippen LogP contribution in [-0.2, 0) is 9.53 Å². The molecule has 0 aromatic rings. The van der Waals surface area contributed by atoms with Crippen LogP contribution in [0.3, 0.4) is 0 Å². The van der Waals surface area contributed by atoms with E-state index in [-0.39, 0.29) is 12.1 Å². The fourth-order valence-corrected chi connectivity index (χ4v) is 12.4. The number of carbonyl (C=O) groups excluding carboxylic acids is 1. The number of allylic oxidation sites excluding steroid dienone is 17. The fourth-order valence-electron chi connectivity index (χ4n) is 12.4. The molecule has 0 spiro atoms. The lowest BCUT2D eigenvalue weighted by Crippen LogP contribution is -2.51. The maximum atomic E-state index is 12.9. The summed E-state index contributed by atoms with van der Waals surface area (Å²) in [5.74, 6) is 5.25. The van der Waals surface area contributed by atoms with Crippen LogP contribution in [0.5, 0.6) is 0 Å². The maximum Gasteiger partial charge on any atom is 0.306 e. The van der Waals surface area contributed by atoms with Crippen LogP contribution in [0.15, 0.2) is 109 Å². The summed E-state index contributed by atoms with van der Waals surface area (Å²) in [4.78, 5) is 12.9. The largest absolute Gasteiger partial charge is 0.462 e. The van der Waals surface area contributed by atoms with Crippen molar-refractivity contribution < 1.29 is 9.53 Å². The predicted octanol–water partition coefficient (Wildman–Crippen LogP) is 18.7. The van der Waals surface area contributed by atoms with Crippen molar-refractivity contribution in [2.75, 3.05) is 0 Å². The van der Waals surface area contributed by atoms with E-state index in [0.29, 0.717) is 17.3 Å². The molecule has 0 heterocycles. The highest BCUT2D eigenvalue weighted by Gasteiger charge is 2.59. The Morgan fingerprint density at radius 1 is 0.619 bits per heavy atom. The van der Waals surface area contributed by atoms with Crippen LogP contribution in [0.4, 0.5) is 0 Å². The van der Waals surface area contributed by atoms with Crippen LogP contribution < -0.4 is 0 Å². The topological polar surface area (TPSA) is 26.3 Å². The van der Waals surface area contributed by atoms with Gasteiger partial charge in [0.1, 0.15) is 6.10 Å². The molecular weight excluding hydrogens is 765 g/mol. The zero-order valence-corrected chi connectivity index (χ0v) is 41.8. The number of hydrogen-bond acceptors (Lipinski definition) is 2. The average molecular weight is 861 g/mol. The molecule has 63 heavy (non-hydrogen) atoms. The summed E-state index contributed by atoms with van der Waals surface area (Å²) in [7, 11) is 0. The second kappa shape index (κ2) is 30.4. The van der Waals surface area contributed by atoms with Crippen molar-refractivity contribution >= 4 is 5.97 Å². The zero-order valence-electron chi connectivity index (χ0n) is 41.8. The average Bonchev–Trinajstić information content (AvgIpc) is 3.63. The van der Waals surface area contributed by atoms with Crippen LogP contribution in [-0.4, -0.2) is 12.1 Å². The van der Waals surface area contributed by atoms with E-state index in [0.717, 1.165) is 113 Å². The molecule has 0 aliphatic heterocycles. The van der Waals surface area contributed by atoms with Gasteiger partial charge in [-0.05, 0) is 162 Å². The first-order chi connectivity index (χ1) is 30.7. The number of unbranched alkanes of at least 4 members (excludes halogenated alkanes) is 6. The molecule has 2 nitrogen and oxygen atoms in total. The van der Waals surface area contributed by atoms with Crippen molar-refractivity contribution in [3.63, 3.8) is 0 Å². The summed E-state index contributed by atoms with van der Waals surface area (Å²) in [5.41, 5.74) is 2.49.